The Hall–Kier alpha value is -1.80. The zero-order chi connectivity index (χ0) is 18.5. The van der Waals surface area contributed by atoms with E-state index in [4.69, 9.17) is 15.2 Å². The minimum Gasteiger partial charge on any atom is -0.489 e. The summed E-state index contributed by atoms with van der Waals surface area (Å²) in [4.78, 5) is 4.28. The molecule has 0 saturated heterocycles. The second-order valence-corrected chi connectivity index (χ2v) is 5.91. The molecule has 0 aliphatic rings. The van der Waals surface area contributed by atoms with Gasteiger partial charge in [-0.3, -0.25) is 4.99 Å². The van der Waals surface area contributed by atoms with Crippen molar-refractivity contribution in [3.05, 3.63) is 65.7 Å². The van der Waals surface area contributed by atoms with E-state index in [2.05, 4.69) is 34.6 Å². The Morgan fingerprint density at radius 2 is 1.78 bits per heavy atom. The summed E-state index contributed by atoms with van der Waals surface area (Å²) in [6.45, 7) is 5.48. The lowest BCUT2D eigenvalue weighted by atomic mass is 10.1. The van der Waals surface area contributed by atoms with Crippen LogP contribution in [-0.4, -0.2) is 32.3 Å². The molecule has 148 valence electrons. The quantitative estimate of drug-likeness (QED) is 0.221. The molecule has 5 nitrogen and oxygen atoms in total. The standard InChI is InChI=1S/C21H29N3O2.HI/c1-2-25-16-6-14-23-21(22)24-15-13-18-9-11-20(12-10-18)26-17-19-7-4-3-5-8-19;/h3-5,7-12H,2,6,13-17H2,1H3,(H3,22,23,24);1H. The van der Waals surface area contributed by atoms with Gasteiger partial charge in [0.05, 0.1) is 0 Å². The highest BCUT2D eigenvalue weighted by atomic mass is 127. The van der Waals surface area contributed by atoms with E-state index >= 15 is 0 Å². The fourth-order valence-corrected chi connectivity index (χ4v) is 2.39. The Balaban J connectivity index is 0.00000364. The van der Waals surface area contributed by atoms with Gasteiger partial charge in [0.15, 0.2) is 5.96 Å². The van der Waals surface area contributed by atoms with E-state index in [9.17, 15) is 0 Å². The smallest absolute Gasteiger partial charge is 0.188 e. The van der Waals surface area contributed by atoms with Crippen molar-refractivity contribution in [2.75, 3.05) is 26.3 Å². The number of benzene rings is 2. The van der Waals surface area contributed by atoms with Crippen molar-refractivity contribution in [2.24, 2.45) is 10.7 Å². The van der Waals surface area contributed by atoms with Crippen molar-refractivity contribution < 1.29 is 9.47 Å². The van der Waals surface area contributed by atoms with Crippen LogP contribution in [0.3, 0.4) is 0 Å². The maximum atomic E-state index is 5.85. The Morgan fingerprint density at radius 1 is 1.04 bits per heavy atom. The number of nitrogens with two attached hydrogens (primary N) is 1. The molecule has 6 heteroatoms. The molecule has 2 aromatic carbocycles. The zero-order valence-corrected chi connectivity index (χ0v) is 18.2. The molecule has 0 aliphatic heterocycles. The highest BCUT2D eigenvalue weighted by Gasteiger charge is 1.98. The van der Waals surface area contributed by atoms with Gasteiger partial charge < -0.3 is 20.5 Å². The van der Waals surface area contributed by atoms with Crippen molar-refractivity contribution in [3.8, 4) is 5.75 Å². The third-order valence-corrected chi connectivity index (χ3v) is 3.82. The third kappa shape index (κ3) is 10.2. The summed E-state index contributed by atoms with van der Waals surface area (Å²) in [5, 5.41) is 3.14. The minimum absolute atomic E-state index is 0. The van der Waals surface area contributed by atoms with Crippen molar-refractivity contribution in [1.29, 1.82) is 0 Å². The van der Waals surface area contributed by atoms with E-state index in [1.807, 2.05) is 37.3 Å². The summed E-state index contributed by atoms with van der Waals surface area (Å²) in [7, 11) is 0. The fourth-order valence-electron chi connectivity index (χ4n) is 2.39. The molecule has 0 fully saturated rings. The molecule has 0 bridgehead atoms. The summed E-state index contributed by atoms with van der Waals surface area (Å²) >= 11 is 0. The van der Waals surface area contributed by atoms with Crippen LogP contribution in [0.2, 0.25) is 0 Å². The number of halogens is 1. The molecular weight excluding hydrogens is 453 g/mol. The lowest BCUT2D eigenvalue weighted by Crippen LogP contribution is -2.33. The zero-order valence-electron chi connectivity index (χ0n) is 15.9. The van der Waals surface area contributed by atoms with Crippen LogP contribution in [0.1, 0.15) is 24.5 Å². The first-order chi connectivity index (χ1) is 12.8. The summed E-state index contributed by atoms with van der Waals surface area (Å²) in [6.07, 6.45) is 1.77. The second kappa shape index (κ2) is 14.3. The molecule has 0 aromatic heterocycles. The van der Waals surface area contributed by atoms with Gasteiger partial charge >= 0.3 is 0 Å². The van der Waals surface area contributed by atoms with Crippen LogP contribution in [0.5, 0.6) is 5.75 Å². The van der Waals surface area contributed by atoms with Crippen LogP contribution in [0.25, 0.3) is 0 Å². The molecule has 0 unspecified atom stereocenters. The van der Waals surface area contributed by atoms with Gasteiger partial charge in [-0.05, 0) is 43.0 Å². The van der Waals surface area contributed by atoms with Gasteiger partial charge in [-0.15, -0.1) is 24.0 Å². The van der Waals surface area contributed by atoms with Gasteiger partial charge in [0.2, 0.25) is 0 Å². The van der Waals surface area contributed by atoms with Crippen LogP contribution < -0.4 is 15.8 Å². The number of nitrogens with one attached hydrogen (secondary N) is 1. The molecule has 0 amide bonds. The first-order valence-corrected chi connectivity index (χ1v) is 9.15. The average molecular weight is 483 g/mol. The number of rotatable bonds is 11. The number of aliphatic imine (C=N–C) groups is 1. The molecular formula is C21H30IN3O2. The Morgan fingerprint density at radius 3 is 2.48 bits per heavy atom. The number of nitrogens with zero attached hydrogens (tertiary/aromatic N) is 1. The predicted octanol–water partition coefficient (Wildman–Crippen LogP) is 3.76. The van der Waals surface area contributed by atoms with Gasteiger partial charge in [0.25, 0.3) is 0 Å². The van der Waals surface area contributed by atoms with E-state index in [-0.39, 0.29) is 24.0 Å². The maximum absolute atomic E-state index is 5.85. The predicted molar refractivity (Wildman–Crippen MR) is 122 cm³/mol. The van der Waals surface area contributed by atoms with E-state index in [1.54, 1.807) is 0 Å². The first kappa shape index (κ1) is 23.2. The van der Waals surface area contributed by atoms with E-state index in [1.165, 1.54) is 5.56 Å². The molecule has 0 heterocycles. The minimum atomic E-state index is 0. The Labute approximate surface area is 179 Å². The molecule has 0 aliphatic carbocycles. The largest absolute Gasteiger partial charge is 0.489 e. The molecule has 27 heavy (non-hydrogen) atoms. The van der Waals surface area contributed by atoms with Crippen LogP contribution in [0.15, 0.2) is 59.6 Å². The summed E-state index contributed by atoms with van der Waals surface area (Å²) in [5.74, 6) is 1.37. The van der Waals surface area contributed by atoms with E-state index < -0.39 is 0 Å². The summed E-state index contributed by atoms with van der Waals surface area (Å²) in [5.41, 5.74) is 8.24. The SMILES string of the molecule is CCOCCCN=C(N)NCCc1ccc(OCc2ccccc2)cc1.I. The number of hydrogen-bond acceptors (Lipinski definition) is 3. The van der Waals surface area contributed by atoms with E-state index in [0.717, 1.165) is 43.9 Å². The molecule has 3 N–H and O–H groups in total. The lowest BCUT2D eigenvalue weighted by molar-refractivity contribution is 0.146. The first-order valence-electron chi connectivity index (χ1n) is 9.15. The van der Waals surface area contributed by atoms with Crippen molar-refractivity contribution in [3.63, 3.8) is 0 Å². The molecule has 0 atom stereocenters. The lowest BCUT2D eigenvalue weighted by Gasteiger charge is -2.08. The Kier molecular flexibility index (Phi) is 12.3. The second-order valence-electron chi connectivity index (χ2n) is 5.91. The van der Waals surface area contributed by atoms with Crippen molar-refractivity contribution >= 4 is 29.9 Å². The highest BCUT2D eigenvalue weighted by Crippen LogP contribution is 2.14. The van der Waals surface area contributed by atoms with Crippen LogP contribution >= 0.6 is 24.0 Å². The molecule has 0 saturated carbocycles. The molecule has 0 radical (unpaired) electrons. The molecule has 0 spiro atoms. The Bertz CT molecular complexity index is 648. The number of guanidine groups is 1. The van der Waals surface area contributed by atoms with Gasteiger partial charge in [0, 0.05) is 26.3 Å². The van der Waals surface area contributed by atoms with Gasteiger partial charge in [-0.25, -0.2) is 0 Å². The van der Waals surface area contributed by atoms with Crippen LogP contribution in [-0.2, 0) is 17.8 Å². The maximum Gasteiger partial charge on any atom is 0.188 e. The average Bonchev–Trinajstić information content (AvgIpc) is 2.68. The summed E-state index contributed by atoms with van der Waals surface area (Å²) in [6, 6.07) is 18.3. The van der Waals surface area contributed by atoms with Gasteiger partial charge in [0.1, 0.15) is 12.4 Å². The fraction of sp³-hybridized carbons (Fsp3) is 0.381. The normalized spacial score (nSPS) is 10.9. The third-order valence-electron chi connectivity index (χ3n) is 3.82. The van der Waals surface area contributed by atoms with Gasteiger partial charge in [-0.1, -0.05) is 42.5 Å². The topological polar surface area (TPSA) is 68.9 Å². The molecule has 2 aromatic rings. The van der Waals surface area contributed by atoms with Crippen molar-refractivity contribution in [1.82, 2.24) is 5.32 Å². The monoisotopic (exact) mass is 483 g/mol. The van der Waals surface area contributed by atoms with Crippen LogP contribution in [0, 0.1) is 0 Å². The van der Waals surface area contributed by atoms with Crippen LogP contribution in [0.4, 0.5) is 0 Å². The number of ether oxygens (including phenoxy) is 2. The number of hydrogen-bond donors (Lipinski definition) is 2. The van der Waals surface area contributed by atoms with Gasteiger partial charge in [-0.2, -0.15) is 0 Å². The molecule has 2 rings (SSSR count). The highest BCUT2D eigenvalue weighted by molar-refractivity contribution is 14.0. The summed E-state index contributed by atoms with van der Waals surface area (Å²) < 4.78 is 11.1. The van der Waals surface area contributed by atoms with Crippen molar-refractivity contribution in [2.45, 2.75) is 26.4 Å². The van der Waals surface area contributed by atoms with E-state index in [0.29, 0.717) is 19.1 Å².